The summed E-state index contributed by atoms with van der Waals surface area (Å²) in [5, 5.41) is 9.44. The van der Waals surface area contributed by atoms with Crippen molar-refractivity contribution in [3.63, 3.8) is 0 Å². The monoisotopic (exact) mass is 298 g/mol. The molecule has 2 fully saturated rings. The van der Waals surface area contributed by atoms with E-state index in [0.717, 1.165) is 37.9 Å². The van der Waals surface area contributed by atoms with Gasteiger partial charge in [-0.3, -0.25) is 4.90 Å². The van der Waals surface area contributed by atoms with E-state index in [1.54, 1.807) is 0 Å². The number of hydrogen-bond donors (Lipinski definition) is 2. The molecule has 1 aliphatic heterocycles. The second kappa shape index (κ2) is 6.95. The lowest BCUT2D eigenvalue weighted by atomic mass is 9.73. The number of aliphatic hydroxyl groups is 1. The first-order valence-corrected chi connectivity index (χ1v) is 8.57. The van der Waals surface area contributed by atoms with Crippen LogP contribution < -0.4 is 5.73 Å². The van der Waals surface area contributed by atoms with Crippen LogP contribution >= 0.6 is 0 Å². The Hall–Kier alpha value is -0.160. The van der Waals surface area contributed by atoms with Crippen LogP contribution in [0.15, 0.2) is 0 Å². The Morgan fingerprint density at radius 2 is 2.05 bits per heavy atom. The number of rotatable bonds is 4. The van der Waals surface area contributed by atoms with Gasteiger partial charge in [0.2, 0.25) is 0 Å². The van der Waals surface area contributed by atoms with E-state index in [-0.39, 0.29) is 18.3 Å². The van der Waals surface area contributed by atoms with Crippen molar-refractivity contribution in [1.82, 2.24) is 4.90 Å². The highest BCUT2D eigenvalue weighted by Gasteiger charge is 2.36. The molecule has 4 unspecified atom stereocenters. The van der Waals surface area contributed by atoms with Crippen molar-refractivity contribution in [1.29, 1.82) is 0 Å². The zero-order chi connectivity index (χ0) is 15.6. The summed E-state index contributed by atoms with van der Waals surface area (Å²) in [4.78, 5) is 2.46. The predicted octanol–water partition coefficient (Wildman–Crippen LogP) is 1.86. The van der Waals surface area contributed by atoms with E-state index in [0.29, 0.717) is 12.0 Å². The van der Waals surface area contributed by atoms with Crippen LogP contribution in [0.25, 0.3) is 0 Å². The van der Waals surface area contributed by atoms with Gasteiger partial charge >= 0.3 is 0 Å². The fourth-order valence-corrected chi connectivity index (χ4v) is 4.12. The highest BCUT2D eigenvalue weighted by atomic mass is 16.5. The normalized spacial score (nSPS) is 37.9. The summed E-state index contributed by atoms with van der Waals surface area (Å²) in [5.41, 5.74) is 6.21. The SMILES string of the molecule is CC(C)C1CCC(N)C(CN2CC(CO)OC(C)(C)C2)C1. The molecule has 1 saturated heterocycles. The van der Waals surface area contributed by atoms with Crippen LogP contribution in [0.2, 0.25) is 0 Å². The molecule has 2 rings (SSSR count). The Labute approximate surface area is 130 Å². The number of aliphatic hydroxyl groups excluding tert-OH is 1. The average Bonchev–Trinajstić information content (AvgIpc) is 2.39. The molecule has 124 valence electrons. The van der Waals surface area contributed by atoms with Gasteiger partial charge in [-0.1, -0.05) is 13.8 Å². The minimum absolute atomic E-state index is 0.0607. The molecule has 21 heavy (non-hydrogen) atoms. The molecule has 0 aromatic rings. The number of morpholine rings is 1. The average molecular weight is 298 g/mol. The number of ether oxygens (including phenoxy) is 1. The van der Waals surface area contributed by atoms with E-state index in [2.05, 4.69) is 32.6 Å². The van der Waals surface area contributed by atoms with E-state index in [4.69, 9.17) is 10.5 Å². The Bertz CT molecular complexity index is 333. The summed E-state index contributed by atoms with van der Waals surface area (Å²) in [6.45, 7) is 11.8. The van der Waals surface area contributed by atoms with Crippen LogP contribution in [-0.4, -0.2) is 54.0 Å². The number of hydrogen-bond acceptors (Lipinski definition) is 4. The second-order valence-corrected chi connectivity index (χ2v) is 8.12. The summed E-state index contributed by atoms with van der Waals surface area (Å²) in [6, 6.07) is 0.332. The van der Waals surface area contributed by atoms with E-state index in [1.807, 2.05) is 0 Å². The molecule has 4 nitrogen and oxygen atoms in total. The molecule has 0 amide bonds. The summed E-state index contributed by atoms with van der Waals surface area (Å²) < 4.78 is 5.91. The fourth-order valence-electron chi connectivity index (χ4n) is 4.12. The zero-order valence-electron chi connectivity index (χ0n) is 14.2. The Kier molecular flexibility index (Phi) is 5.69. The fraction of sp³-hybridized carbons (Fsp3) is 1.00. The molecule has 1 aliphatic carbocycles. The maximum atomic E-state index is 9.44. The van der Waals surface area contributed by atoms with Gasteiger partial charge in [0, 0.05) is 25.7 Å². The molecule has 0 aromatic heterocycles. The third kappa shape index (κ3) is 4.65. The van der Waals surface area contributed by atoms with Crippen molar-refractivity contribution in [3.8, 4) is 0 Å². The molecule has 0 spiro atoms. The van der Waals surface area contributed by atoms with Gasteiger partial charge in [-0.2, -0.15) is 0 Å². The zero-order valence-corrected chi connectivity index (χ0v) is 14.2. The molecule has 3 N–H and O–H groups in total. The summed E-state index contributed by atoms with van der Waals surface area (Å²) in [6.07, 6.45) is 3.63. The van der Waals surface area contributed by atoms with Gasteiger partial charge < -0.3 is 15.6 Å². The minimum atomic E-state index is -0.179. The molecule has 4 heteroatoms. The molecule has 4 atom stereocenters. The third-order valence-corrected chi connectivity index (χ3v) is 5.27. The quantitative estimate of drug-likeness (QED) is 0.832. The first-order chi connectivity index (χ1) is 9.80. The van der Waals surface area contributed by atoms with Crippen LogP contribution in [0, 0.1) is 17.8 Å². The third-order valence-electron chi connectivity index (χ3n) is 5.27. The Morgan fingerprint density at radius 1 is 1.33 bits per heavy atom. The molecular weight excluding hydrogens is 264 g/mol. The van der Waals surface area contributed by atoms with Crippen molar-refractivity contribution >= 4 is 0 Å². The van der Waals surface area contributed by atoms with Gasteiger partial charge in [0.1, 0.15) is 0 Å². The lowest BCUT2D eigenvalue weighted by Crippen LogP contribution is -2.56. The Balaban J connectivity index is 1.95. The molecule has 0 aromatic carbocycles. The largest absolute Gasteiger partial charge is 0.394 e. The smallest absolute Gasteiger partial charge is 0.0940 e. The number of nitrogens with zero attached hydrogens (tertiary/aromatic N) is 1. The van der Waals surface area contributed by atoms with E-state index in [9.17, 15) is 5.11 Å². The molecule has 1 heterocycles. The maximum Gasteiger partial charge on any atom is 0.0940 e. The first-order valence-electron chi connectivity index (χ1n) is 8.57. The summed E-state index contributed by atoms with van der Waals surface area (Å²) in [5.74, 6) is 2.16. The van der Waals surface area contributed by atoms with Crippen molar-refractivity contribution in [2.45, 2.75) is 64.7 Å². The van der Waals surface area contributed by atoms with Gasteiger partial charge in [0.15, 0.2) is 0 Å². The van der Waals surface area contributed by atoms with Gasteiger partial charge in [0.05, 0.1) is 18.3 Å². The predicted molar refractivity (Wildman–Crippen MR) is 86.1 cm³/mol. The molecule has 0 bridgehead atoms. The van der Waals surface area contributed by atoms with E-state index >= 15 is 0 Å². The molecule has 0 radical (unpaired) electrons. The van der Waals surface area contributed by atoms with Crippen molar-refractivity contribution in [3.05, 3.63) is 0 Å². The van der Waals surface area contributed by atoms with Gasteiger partial charge in [-0.25, -0.2) is 0 Å². The standard InChI is InChI=1S/C17H34N2O2/c1-12(2)13-5-6-16(18)14(7-13)8-19-9-15(10-20)21-17(3,4)11-19/h12-16,20H,5-11,18H2,1-4H3. The van der Waals surface area contributed by atoms with Crippen molar-refractivity contribution < 1.29 is 9.84 Å². The minimum Gasteiger partial charge on any atom is -0.394 e. The van der Waals surface area contributed by atoms with Gasteiger partial charge in [-0.05, 0) is 50.9 Å². The van der Waals surface area contributed by atoms with Crippen molar-refractivity contribution in [2.75, 3.05) is 26.2 Å². The first kappa shape index (κ1) is 17.2. The van der Waals surface area contributed by atoms with Crippen molar-refractivity contribution in [2.24, 2.45) is 23.5 Å². The summed E-state index contributed by atoms with van der Waals surface area (Å²) in [7, 11) is 0. The van der Waals surface area contributed by atoms with Gasteiger partial charge in [-0.15, -0.1) is 0 Å². The molecular formula is C17H34N2O2. The van der Waals surface area contributed by atoms with Crippen LogP contribution in [0.5, 0.6) is 0 Å². The van der Waals surface area contributed by atoms with Gasteiger partial charge in [0.25, 0.3) is 0 Å². The topological polar surface area (TPSA) is 58.7 Å². The highest BCUT2D eigenvalue weighted by molar-refractivity contribution is 4.89. The second-order valence-electron chi connectivity index (χ2n) is 8.12. The lowest BCUT2D eigenvalue weighted by molar-refractivity contribution is -0.152. The van der Waals surface area contributed by atoms with E-state index < -0.39 is 0 Å². The summed E-state index contributed by atoms with van der Waals surface area (Å²) >= 11 is 0. The number of nitrogens with two attached hydrogens (primary N) is 1. The Morgan fingerprint density at radius 3 is 2.67 bits per heavy atom. The lowest BCUT2D eigenvalue weighted by Gasteiger charge is -2.45. The van der Waals surface area contributed by atoms with Crippen LogP contribution in [0.3, 0.4) is 0 Å². The highest BCUT2D eigenvalue weighted by Crippen LogP contribution is 2.34. The van der Waals surface area contributed by atoms with Crippen LogP contribution in [-0.2, 0) is 4.74 Å². The molecule has 1 saturated carbocycles. The maximum absolute atomic E-state index is 9.44. The molecule has 2 aliphatic rings. The van der Waals surface area contributed by atoms with Crippen LogP contribution in [0.1, 0.15) is 47.0 Å². The van der Waals surface area contributed by atoms with Crippen LogP contribution in [0.4, 0.5) is 0 Å². The van der Waals surface area contributed by atoms with E-state index in [1.165, 1.54) is 12.8 Å².